The zero-order chi connectivity index (χ0) is 17.3. The molecule has 1 aromatic carbocycles. The van der Waals surface area contributed by atoms with E-state index < -0.39 is 6.17 Å². The Hall–Kier alpha value is -2.92. The van der Waals surface area contributed by atoms with Gasteiger partial charge in [-0.15, -0.1) is 6.58 Å². The zero-order valence-corrected chi connectivity index (χ0v) is 13.6. The molecule has 2 N–H and O–H groups in total. The van der Waals surface area contributed by atoms with E-state index in [0.717, 1.165) is 17.1 Å². The first-order chi connectivity index (χ1) is 11.6. The maximum absolute atomic E-state index is 13.1. The van der Waals surface area contributed by atoms with Crippen LogP contribution < -0.4 is 15.5 Å². The highest BCUT2D eigenvalue weighted by atomic mass is 16.2. The summed E-state index contributed by atoms with van der Waals surface area (Å²) >= 11 is 0. The summed E-state index contributed by atoms with van der Waals surface area (Å²) in [7, 11) is 0. The molecule has 0 saturated carbocycles. The summed E-state index contributed by atoms with van der Waals surface area (Å²) in [5, 5.41) is 0. The number of nitrogens with two attached hydrogens (primary N) is 1. The summed E-state index contributed by atoms with van der Waals surface area (Å²) in [4.78, 5) is 21.2. The second-order valence-electron chi connectivity index (χ2n) is 5.61. The van der Waals surface area contributed by atoms with Gasteiger partial charge in [0, 0.05) is 12.2 Å². The Labute approximate surface area is 141 Å². The number of carbonyl (C=O) groups is 1. The smallest absolute Gasteiger partial charge is 0.262 e. The van der Waals surface area contributed by atoms with Gasteiger partial charge >= 0.3 is 0 Å². The van der Waals surface area contributed by atoms with Crippen molar-refractivity contribution in [2.75, 3.05) is 16.3 Å². The van der Waals surface area contributed by atoms with Gasteiger partial charge in [-0.25, -0.2) is 4.98 Å². The first-order valence-electron chi connectivity index (χ1n) is 7.75. The van der Waals surface area contributed by atoms with Crippen LogP contribution in [0.5, 0.6) is 0 Å². The highest BCUT2D eigenvalue weighted by molar-refractivity contribution is 6.13. The van der Waals surface area contributed by atoms with Gasteiger partial charge in [-0.1, -0.05) is 30.9 Å². The van der Waals surface area contributed by atoms with Crippen molar-refractivity contribution in [1.82, 2.24) is 4.98 Å². The van der Waals surface area contributed by atoms with Gasteiger partial charge < -0.3 is 15.5 Å². The predicted octanol–water partition coefficient (Wildman–Crippen LogP) is 3.15. The highest BCUT2D eigenvalue weighted by Crippen LogP contribution is 2.40. The number of hydrogen-bond donors (Lipinski definition) is 1. The zero-order valence-electron chi connectivity index (χ0n) is 13.6. The lowest BCUT2D eigenvalue weighted by atomic mass is 10.2. The standard InChI is InChI=1S/C19H20N4O/c1-4-12-22-15-8-6-7-9-16(15)23(17(20)5-2)18-14(19(22)24)11-10-13(3)21-18/h4-11,17H,1-2,12,20H2,3H3. The van der Waals surface area contributed by atoms with Gasteiger partial charge in [0.05, 0.1) is 16.9 Å². The number of aromatic nitrogens is 1. The first kappa shape index (κ1) is 16.0. The van der Waals surface area contributed by atoms with Crippen LogP contribution >= 0.6 is 0 Å². The van der Waals surface area contributed by atoms with Crippen molar-refractivity contribution >= 4 is 23.1 Å². The normalized spacial score (nSPS) is 14.5. The highest BCUT2D eigenvalue weighted by Gasteiger charge is 2.33. The second kappa shape index (κ2) is 6.29. The van der Waals surface area contributed by atoms with Crippen LogP contribution in [0.4, 0.5) is 17.2 Å². The van der Waals surface area contributed by atoms with Gasteiger partial charge in [-0.05, 0) is 31.2 Å². The molecule has 0 bridgehead atoms. The van der Waals surface area contributed by atoms with Gasteiger partial charge in [-0.3, -0.25) is 4.79 Å². The van der Waals surface area contributed by atoms with Crippen molar-refractivity contribution in [3.63, 3.8) is 0 Å². The van der Waals surface area contributed by atoms with Gasteiger partial charge in [0.1, 0.15) is 12.0 Å². The molecule has 2 heterocycles. The molecule has 1 amide bonds. The van der Waals surface area contributed by atoms with E-state index in [2.05, 4.69) is 18.1 Å². The molecule has 1 atom stereocenters. The fourth-order valence-electron chi connectivity index (χ4n) is 2.88. The maximum atomic E-state index is 13.1. The number of benzene rings is 1. The van der Waals surface area contributed by atoms with Gasteiger partial charge in [-0.2, -0.15) is 0 Å². The number of para-hydroxylation sites is 2. The average molecular weight is 320 g/mol. The van der Waals surface area contributed by atoms with Crippen LogP contribution in [0, 0.1) is 6.92 Å². The summed E-state index contributed by atoms with van der Waals surface area (Å²) in [6, 6.07) is 11.3. The molecule has 24 heavy (non-hydrogen) atoms. The van der Waals surface area contributed by atoms with Crippen molar-refractivity contribution in [3.05, 3.63) is 73.0 Å². The topological polar surface area (TPSA) is 62.5 Å². The molecule has 0 aliphatic carbocycles. The van der Waals surface area contributed by atoms with Crippen LogP contribution in [0.1, 0.15) is 16.1 Å². The van der Waals surface area contributed by atoms with E-state index >= 15 is 0 Å². The molecular formula is C19H20N4O. The first-order valence-corrected chi connectivity index (χ1v) is 7.75. The Kier molecular flexibility index (Phi) is 4.18. The minimum atomic E-state index is -0.504. The maximum Gasteiger partial charge on any atom is 0.262 e. The summed E-state index contributed by atoms with van der Waals surface area (Å²) in [5.41, 5.74) is 9.20. The summed E-state index contributed by atoms with van der Waals surface area (Å²) in [5.74, 6) is 0.426. The Balaban J connectivity index is 2.35. The van der Waals surface area contributed by atoms with E-state index in [-0.39, 0.29) is 5.91 Å². The third kappa shape index (κ3) is 2.49. The molecule has 1 aliphatic heterocycles. The summed E-state index contributed by atoms with van der Waals surface area (Å²) in [6.45, 7) is 9.86. The lowest BCUT2D eigenvalue weighted by Crippen LogP contribution is -2.37. The fraction of sp³-hybridized carbons (Fsp3) is 0.158. The average Bonchev–Trinajstić information content (AvgIpc) is 2.68. The lowest BCUT2D eigenvalue weighted by molar-refractivity contribution is 0.0991. The minimum absolute atomic E-state index is 0.122. The number of anilines is 3. The molecule has 5 nitrogen and oxygen atoms in total. The van der Waals surface area contributed by atoms with E-state index in [1.165, 1.54) is 0 Å². The van der Waals surface area contributed by atoms with Gasteiger partial charge in [0.2, 0.25) is 0 Å². The van der Waals surface area contributed by atoms with Crippen LogP contribution in [-0.4, -0.2) is 23.6 Å². The molecule has 0 spiro atoms. The molecule has 1 aromatic heterocycles. The molecule has 0 radical (unpaired) electrons. The Morgan fingerprint density at radius 2 is 1.92 bits per heavy atom. The van der Waals surface area contributed by atoms with Crippen molar-refractivity contribution in [3.8, 4) is 0 Å². The van der Waals surface area contributed by atoms with E-state index in [1.54, 1.807) is 23.1 Å². The third-order valence-corrected chi connectivity index (χ3v) is 4.00. The van der Waals surface area contributed by atoms with Crippen LogP contribution in [0.3, 0.4) is 0 Å². The number of aryl methyl sites for hydroxylation is 1. The Bertz CT molecular complexity index is 815. The van der Waals surface area contributed by atoms with Gasteiger partial charge in [0.25, 0.3) is 5.91 Å². The molecule has 5 heteroatoms. The van der Waals surface area contributed by atoms with Crippen LogP contribution in [-0.2, 0) is 0 Å². The predicted molar refractivity (Wildman–Crippen MR) is 97.6 cm³/mol. The SMILES string of the molecule is C=CCN1C(=O)c2ccc(C)nc2N(C(N)C=C)c2ccccc21. The summed E-state index contributed by atoms with van der Waals surface area (Å²) in [6.07, 6.45) is 2.84. The monoisotopic (exact) mass is 320 g/mol. The number of fused-ring (bicyclic) bond motifs is 2. The van der Waals surface area contributed by atoms with Crippen LogP contribution in [0.25, 0.3) is 0 Å². The van der Waals surface area contributed by atoms with Crippen molar-refractivity contribution in [2.45, 2.75) is 13.1 Å². The van der Waals surface area contributed by atoms with Crippen molar-refractivity contribution in [1.29, 1.82) is 0 Å². The second-order valence-corrected chi connectivity index (χ2v) is 5.61. The number of nitrogens with zero attached hydrogens (tertiary/aromatic N) is 3. The van der Waals surface area contributed by atoms with E-state index in [0.29, 0.717) is 17.9 Å². The van der Waals surface area contributed by atoms with Gasteiger partial charge in [0.15, 0.2) is 0 Å². The Morgan fingerprint density at radius 1 is 1.21 bits per heavy atom. The number of amides is 1. The molecule has 1 aliphatic rings. The minimum Gasteiger partial charge on any atom is -0.308 e. The fourth-order valence-corrected chi connectivity index (χ4v) is 2.88. The van der Waals surface area contributed by atoms with Crippen molar-refractivity contribution in [2.24, 2.45) is 5.73 Å². The van der Waals surface area contributed by atoms with Crippen LogP contribution in [0.15, 0.2) is 61.7 Å². The molecule has 3 rings (SSSR count). The van der Waals surface area contributed by atoms with Crippen molar-refractivity contribution < 1.29 is 4.79 Å². The number of rotatable bonds is 4. The number of pyridine rings is 1. The lowest BCUT2D eigenvalue weighted by Gasteiger charge is -2.29. The third-order valence-electron chi connectivity index (χ3n) is 4.00. The molecule has 1 unspecified atom stereocenters. The largest absolute Gasteiger partial charge is 0.308 e. The molecular weight excluding hydrogens is 300 g/mol. The van der Waals surface area contributed by atoms with E-state index in [4.69, 9.17) is 5.73 Å². The number of carbonyl (C=O) groups excluding carboxylic acids is 1. The molecule has 0 saturated heterocycles. The molecule has 2 aromatic rings. The molecule has 0 fully saturated rings. The van der Waals surface area contributed by atoms with E-state index in [1.807, 2.05) is 42.2 Å². The quantitative estimate of drug-likeness (QED) is 0.879. The summed E-state index contributed by atoms with van der Waals surface area (Å²) < 4.78 is 0. The van der Waals surface area contributed by atoms with E-state index in [9.17, 15) is 4.79 Å². The number of hydrogen-bond acceptors (Lipinski definition) is 4. The Morgan fingerprint density at radius 3 is 2.58 bits per heavy atom. The molecule has 122 valence electrons. The van der Waals surface area contributed by atoms with Crippen LogP contribution in [0.2, 0.25) is 0 Å².